The molecule has 1 saturated heterocycles. The van der Waals surface area contributed by atoms with Crippen molar-refractivity contribution >= 4 is 17.9 Å². The maximum Gasteiger partial charge on any atom is 0.223 e. The summed E-state index contributed by atoms with van der Waals surface area (Å²) in [7, 11) is 0. The summed E-state index contributed by atoms with van der Waals surface area (Å²) in [6.07, 6.45) is 2.94. The van der Waals surface area contributed by atoms with Crippen molar-refractivity contribution in [2.24, 2.45) is 5.92 Å². The van der Waals surface area contributed by atoms with Gasteiger partial charge in [0.15, 0.2) is 0 Å². The molecule has 5 nitrogen and oxygen atoms in total. The van der Waals surface area contributed by atoms with Gasteiger partial charge in [0.2, 0.25) is 5.91 Å². The van der Waals surface area contributed by atoms with Crippen LogP contribution in [0.1, 0.15) is 46.8 Å². The number of aldehydes is 1. The lowest BCUT2D eigenvalue weighted by molar-refractivity contribution is -0.126. The van der Waals surface area contributed by atoms with E-state index in [0.29, 0.717) is 12.0 Å². The largest absolute Gasteiger partial charge is 0.396 e. The van der Waals surface area contributed by atoms with E-state index < -0.39 is 0 Å². The molecule has 0 aliphatic carbocycles. The third-order valence-electron chi connectivity index (χ3n) is 5.47. The Morgan fingerprint density at radius 2 is 1.79 bits per heavy atom. The van der Waals surface area contributed by atoms with Crippen LogP contribution in [0, 0.1) is 12.8 Å². The standard InChI is InChI=1S/C23H28N2O3/c1-17-2-6-19(7-3-17)22(12-15-26)24-23(28)20-10-13-25(14-11-20)21-8-4-18(16-27)5-9-21/h2-9,16,20,22,26H,10-15H2,1H3,(H,24,28)/t22-/m0/s1. The molecule has 3 rings (SSSR count). The molecule has 1 heterocycles. The van der Waals surface area contributed by atoms with Gasteiger partial charge in [-0.15, -0.1) is 0 Å². The second kappa shape index (κ2) is 9.51. The van der Waals surface area contributed by atoms with E-state index in [1.807, 2.05) is 55.5 Å². The molecule has 0 bridgehead atoms. The molecule has 1 aliphatic rings. The summed E-state index contributed by atoms with van der Waals surface area (Å²) in [5, 5.41) is 12.5. The maximum absolute atomic E-state index is 12.8. The predicted molar refractivity (Wildman–Crippen MR) is 111 cm³/mol. The Morgan fingerprint density at radius 3 is 2.36 bits per heavy atom. The van der Waals surface area contributed by atoms with E-state index in [-0.39, 0.29) is 24.5 Å². The first-order chi connectivity index (χ1) is 13.6. The number of piperidine rings is 1. The predicted octanol–water partition coefficient (Wildman–Crippen LogP) is 3.26. The molecule has 2 aromatic carbocycles. The molecule has 1 amide bonds. The van der Waals surface area contributed by atoms with Crippen molar-refractivity contribution in [3.63, 3.8) is 0 Å². The van der Waals surface area contributed by atoms with Crippen molar-refractivity contribution in [1.82, 2.24) is 5.32 Å². The van der Waals surface area contributed by atoms with Crippen molar-refractivity contribution < 1.29 is 14.7 Å². The third kappa shape index (κ3) is 4.98. The van der Waals surface area contributed by atoms with Crippen LogP contribution in [0.25, 0.3) is 0 Å². The lowest BCUT2D eigenvalue weighted by Gasteiger charge is -2.33. The van der Waals surface area contributed by atoms with Crippen LogP contribution in [0.15, 0.2) is 48.5 Å². The number of benzene rings is 2. The Morgan fingerprint density at radius 1 is 1.14 bits per heavy atom. The van der Waals surface area contributed by atoms with Gasteiger partial charge < -0.3 is 15.3 Å². The number of carbonyl (C=O) groups is 2. The van der Waals surface area contributed by atoms with Crippen LogP contribution in [0.3, 0.4) is 0 Å². The molecule has 2 aromatic rings. The van der Waals surface area contributed by atoms with E-state index in [9.17, 15) is 14.7 Å². The lowest BCUT2D eigenvalue weighted by atomic mass is 9.94. The number of aliphatic hydroxyl groups excluding tert-OH is 1. The molecule has 1 fully saturated rings. The second-order valence-corrected chi connectivity index (χ2v) is 7.45. The van der Waals surface area contributed by atoms with Crippen LogP contribution in [0.5, 0.6) is 0 Å². The van der Waals surface area contributed by atoms with Gasteiger partial charge in [-0.05, 0) is 56.0 Å². The fraction of sp³-hybridized carbons (Fsp3) is 0.391. The van der Waals surface area contributed by atoms with Gasteiger partial charge in [0, 0.05) is 36.9 Å². The fourth-order valence-corrected chi connectivity index (χ4v) is 3.70. The summed E-state index contributed by atoms with van der Waals surface area (Å²) in [5.74, 6) is 0.0483. The Hall–Kier alpha value is -2.66. The molecular formula is C23H28N2O3. The summed E-state index contributed by atoms with van der Waals surface area (Å²) in [6, 6.07) is 15.5. The van der Waals surface area contributed by atoms with Gasteiger partial charge in [-0.1, -0.05) is 29.8 Å². The highest BCUT2D eigenvalue weighted by Gasteiger charge is 2.27. The molecule has 0 spiro atoms. The maximum atomic E-state index is 12.8. The van der Waals surface area contributed by atoms with Crippen molar-refractivity contribution in [3.05, 3.63) is 65.2 Å². The summed E-state index contributed by atoms with van der Waals surface area (Å²) in [6.45, 7) is 3.69. The number of aryl methyl sites for hydroxylation is 1. The Kier molecular flexibility index (Phi) is 6.82. The molecule has 148 valence electrons. The van der Waals surface area contributed by atoms with E-state index in [4.69, 9.17) is 0 Å². The monoisotopic (exact) mass is 380 g/mol. The minimum atomic E-state index is -0.160. The third-order valence-corrected chi connectivity index (χ3v) is 5.47. The van der Waals surface area contributed by atoms with Gasteiger partial charge in [0.1, 0.15) is 6.29 Å². The molecule has 1 aliphatic heterocycles. The first-order valence-electron chi connectivity index (χ1n) is 9.88. The first-order valence-corrected chi connectivity index (χ1v) is 9.88. The van der Waals surface area contributed by atoms with Crippen molar-refractivity contribution in [1.29, 1.82) is 0 Å². The molecule has 0 saturated carbocycles. The SMILES string of the molecule is Cc1ccc([C@H](CCO)NC(=O)C2CCN(c3ccc(C=O)cc3)CC2)cc1. The zero-order valence-electron chi connectivity index (χ0n) is 16.3. The first kappa shape index (κ1) is 20.1. The van der Waals surface area contributed by atoms with E-state index >= 15 is 0 Å². The van der Waals surface area contributed by atoms with Gasteiger partial charge >= 0.3 is 0 Å². The van der Waals surface area contributed by atoms with Crippen molar-refractivity contribution in [2.75, 3.05) is 24.6 Å². The summed E-state index contributed by atoms with van der Waals surface area (Å²) in [5.41, 5.74) is 3.96. The number of hydrogen-bond donors (Lipinski definition) is 2. The van der Waals surface area contributed by atoms with Crippen molar-refractivity contribution in [3.8, 4) is 0 Å². The zero-order valence-corrected chi connectivity index (χ0v) is 16.3. The van der Waals surface area contributed by atoms with Crippen LogP contribution in [0.4, 0.5) is 5.69 Å². The summed E-state index contributed by atoms with van der Waals surface area (Å²) >= 11 is 0. The average molecular weight is 380 g/mol. The fourth-order valence-electron chi connectivity index (χ4n) is 3.70. The smallest absolute Gasteiger partial charge is 0.223 e. The number of nitrogens with zero attached hydrogens (tertiary/aromatic N) is 1. The molecule has 0 radical (unpaired) electrons. The van der Waals surface area contributed by atoms with Gasteiger partial charge in [-0.3, -0.25) is 9.59 Å². The topological polar surface area (TPSA) is 69.6 Å². The number of hydrogen-bond acceptors (Lipinski definition) is 4. The minimum Gasteiger partial charge on any atom is -0.396 e. The lowest BCUT2D eigenvalue weighted by Crippen LogP contribution is -2.41. The number of rotatable bonds is 7. The molecule has 2 N–H and O–H groups in total. The summed E-state index contributed by atoms with van der Waals surface area (Å²) < 4.78 is 0. The molecule has 0 aromatic heterocycles. The van der Waals surface area contributed by atoms with E-state index in [1.54, 1.807) is 0 Å². The number of carbonyl (C=O) groups excluding carboxylic acids is 2. The molecule has 28 heavy (non-hydrogen) atoms. The highest BCUT2D eigenvalue weighted by Crippen LogP contribution is 2.25. The highest BCUT2D eigenvalue weighted by atomic mass is 16.3. The van der Waals surface area contributed by atoms with E-state index in [1.165, 1.54) is 5.56 Å². The van der Waals surface area contributed by atoms with Gasteiger partial charge in [0.25, 0.3) is 0 Å². The number of anilines is 1. The van der Waals surface area contributed by atoms with Crippen LogP contribution < -0.4 is 10.2 Å². The normalized spacial score (nSPS) is 15.9. The van der Waals surface area contributed by atoms with Crippen LogP contribution in [-0.2, 0) is 4.79 Å². The van der Waals surface area contributed by atoms with E-state index in [2.05, 4.69) is 10.2 Å². The molecule has 1 atom stereocenters. The molecular weight excluding hydrogens is 352 g/mol. The van der Waals surface area contributed by atoms with Gasteiger partial charge in [-0.2, -0.15) is 0 Å². The van der Waals surface area contributed by atoms with Crippen LogP contribution in [0.2, 0.25) is 0 Å². The van der Waals surface area contributed by atoms with Gasteiger partial charge in [-0.25, -0.2) is 0 Å². The highest BCUT2D eigenvalue weighted by molar-refractivity contribution is 5.79. The molecule has 5 heteroatoms. The Bertz CT molecular complexity index is 778. The average Bonchev–Trinajstić information content (AvgIpc) is 2.74. The van der Waals surface area contributed by atoms with Crippen LogP contribution in [-0.4, -0.2) is 37.0 Å². The van der Waals surface area contributed by atoms with Gasteiger partial charge in [0.05, 0.1) is 6.04 Å². The quantitative estimate of drug-likeness (QED) is 0.724. The Labute approximate surface area is 166 Å². The van der Waals surface area contributed by atoms with Crippen LogP contribution >= 0.6 is 0 Å². The van der Waals surface area contributed by atoms with Crippen molar-refractivity contribution in [2.45, 2.75) is 32.2 Å². The van der Waals surface area contributed by atoms with E-state index in [0.717, 1.165) is 43.5 Å². The number of amides is 1. The second-order valence-electron chi connectivity index (χ2n) is 7.45. The zero-order chi connectivity index (χ0) is 19.9. The molecule has 0 unspecified atom stereocenters. The number of aliphatic hydroxyl groups is 1. The number of nitrogens with one attached hydrogen (secondary N) is 1. The minimum absolute atomic E-state index is 0.0165. The summed E-state index contributed by atoms with van der Waals surface area (Å²) in [4.78, 5) is 25.8. The Balaban J connectivity index is 1.57.